The highest BCUT2D eigenvalue weighted by atomic mass is 16.5. The fourth-order valence-corrected chi connectivity index (χ4v) is 2.70. The van der Waals surface area contributed by atoms with Gasteiger partial charge >= 0.3 is 11.9 Å². The Morgan fingerprint density at radius 1 is 0.846 bits per heavy atom. The Bertz CT molecular complexity index is 807. The Morgan fingerprint density at radius 2 is 1.42 bits per heavy atom. The van der Waals surface area contributed by atoms with Crippen LogP contribution >= 0.6 is 0 Å². The van der Waals surface area contributed by atoms with Gasteiger partial charge in [0.2, 0.25) is 0 Å². The molecule has 0 saturated carbocycles. The first-order valence-corrected chi connectivity index (χ1v) is 8.52. The highest BCUT2D eigenvalue weighted by Gasteiger charge is 2.30. The number of benzene rings is 2. The second-order valence-electron chi connectivity index (χ2n) is 5.99. The first kappa shape index (κ1) is 17.7. The number of carbonyl (C=O) groups excluding carboxylic acids is 2. The molecule has 0 aromatic heterocycles. The lowest BCUT2D eigenvalue weighted by atomic mass is 9.91. The molecule has 4 nitrogen and oxygen atoms in total. The van der Waals surface area contributed by atoms with Gasteiger partial charge in [0.15, 0.2) is 0 Å². The van der Waals surface area contributed by atoms with Crippen LogP contribution in [0.3, 0.4) is 0 Å². The lowest BCUT2D eigenvalue weighted by Crippen LogP contribution is -2.26. The first-order chi connectivity index (χ1) is 12.7. The van der Waals surface area contributed by atoms with E-state index < -0.39 is 17.9 Å². The highest BCUT2D eigenvalue weighted by molar-refractivity contribution is 5.96. The molecule has 0 aliphatic heterocycles. The van der Waals surface area contributed by atoms with E-state index in [-0.39, 0.29) is 13.2 Å². The Labute approximate surface area is 152 Å². The van der Waals surface area contributed by atoms with Crippen molar-refractivity contribution in [2.75, 3.05) is 0 Å². The molecule has 0 N–H and O–H groups in total. The van der Waals surface area contributed by atoms with Crippen molar-refractivity contribution in [1.29, 1.82) is 0 Å². The topological polar surface area (TPSA) is 52.6 Å². The Morgan fingerprint density at radius 3 is 2.04 bits per heavy atom. The second-order valence-corrected chi connectivity index (χ2v) is 5.99. The molecule has 3 rings (SSSR count). The van der Waals surface area contributed by atoms with Crippen LogP contribution in [0.4, 0.5) is 0 Å². The summed E-state index contributed by atoms with van der Waals surface area (Å²) in [4.78, 5) is 24.9. The van der Waals surface area contributed by atoms with Gasteiger partial charge in [-0.05, 0) is 17.5 Å². The molecule has 0 fully saturated rings. The van der Waals surface area contributed by atoms with Gasteiger partial charge in [-0.15, -0.1) is 0 Å². The number of esters is 2. The Hall–Kier alpha value is -3.14. The third-order valence-electron chi connectivity index (χ3n) is 4.12. The molecule has 0 amide bonds. The maximum absolute atomic E-state index is 12.5. The molecule has 1 aliphatic rings. The third kappa shape index (κ3) is 4.70. The molecular weight excluding hydrogens is 328 g/mol. The zero-order valence-corrected chi connectivity index (χ0v) is 14.3. The van der Waals surface area contributed by atoms with E-state index in [1.807, 2.05) is 66.7 Å². The largest absolute Gasteiger partial charge is 0.460 e. The van der Waals surface area contributed by atoms with Gasteiger partial charge < -0.3 is 9.47 Å². The van der Waals surface area contributed by atoms with Crippen LogP contribution in [0.25, 0.3) is 0 Å². The normalized spacial score (nSPS) is 15.8. The molecule has 26 heavy (non-hydrogen) atoms. The van der Waals surface area contributed by atoms with E-state index in [0.717, 1.165) is 11.1 Å². The van der Waals surface area contributed by atoms with Gasteiger partial charge in [0.25, 0.3) is 0 Å². The molecule has 0 bridgehead atoms. The molecule has 0 heterocycles. The van der Waals surface area contributed by atoms with Crippen LogP contribution in [0.2, 0.25) is 0 Å². The summed E-state index contributed by atoms with van der Waals surface area (Å²) in [7, 11) is 0. The van der Waals surface area contributed by atoms with Crippen LogP contribution in [0.5, 0.6) is 0 Å². The number of rotatable bonds is 6. The van der Waals surface area contributed by atoms with Gasteiger partial charge in [0, 0.05) is 0 Å². The van der Waals surface area contributed by atoms with Crippen molar-refractivity contribution in [2.24, 2.45) is 5.92 Å². The molecule has 0 radical (unpaired) electrons. The standard InChI is InChI=1S/C22H20O4/c23-21(25-15-17-9-3-1-4-10-17)19-13-7-8-14-20(19)22(24)26-16-18-11-5-2-6-12-18/h1-13,20H,14-16H2. The van der Waals surface area contributed by atoms with Gasteiger partial charge in [0.1, 0.15) is 13.2 Å². The van der Waals surface area contributed by atoms with Crippen LogP contribution < -0.4 is 0 Å². The molecule has 132 valence electrons. The van der Waals surface area contributed by atoms with Crippen LogP contribution in [-0.2, 0) is 32.3 Å². The van der Waals surface area contributed by atoms with E-state index in [0.29, 0.717) is 12.0 Å². The van der Waals surface area contributed by atoms with Crippen molar-refractivity contribution in [3.8, 4) is 0 Å². The smallest absolute Gasteiger partial charge is 0.335 e. The molecule has 1 unspecified atom stereocenters. The summed E-state index contributed by atoms with van der Waals surface area (Å²) in [6, 6.07) is 18.9. The Balaban J connectivity index is 1.59. The number of hydrogen-bond donors (Lipinski definition) is 0. The van der Waals surface area contributed by atoms with Crippen molar-refractivity contribution in [3.63, 3.8) is 0 Å². The fraction of sp³-hybridized carbons (Fsp3) is 0.182. The summed E-state index contributed by atoms with van der Waals surface area (Å²) in [5.74, 6) is -1.53. The van der Waals surface area contributed by atoms with E-state index in [1.54, 1.807) is 12.2 Å². The number of carbonyl (C=O) groups is 2. The predicted molar refractivity (Wildman–Crippen MR) is 97.8 cm³/mol. The van der Waals surface area contributed by atoms with Gasteiger partial charge in [-0.2, -0.15) is 0 Å². The van der Waals surface area contributed by atoms with Gasteiger partial charge in [0.05, 0.1) is 11.5 Å². The lowest BCUT2D eigenvalue weighted by molar-refractivity contribution is -0.152. The minimum atomic E-state index is -0.632. The molecular formula is C22H20O4. The van der Waals surface area contributed by atoms with Crippen LogP contribution in [-0.4, -0.2) is 11.9 Å². The second kappa shape index (κ2) is 8.81. The van der Waals surface area contributed by atoms with Crippen molar-refractivity contribution < 1.29 is 19.1 Å². The summed E-state index contributed by atoms with van der Waals surface area (Å²) in [6.07, 6.45) is 5.67. The van der Waals surface area contributed by atoms with Crippen molar-refractivity contribution in [2.45, 2.75) is 19.6 Å². The third-order valence-corrected chi connectivity index (χ3v) is 4.12. The van der Waals surface area contributed by atoms with E-state index in [1.165, 1.54) is 0 Å². The average Bonchev–Trinajstić information content (AvgIpc) is 2.72. The van der Waals surface area contributed by atoms with Gasteiger partial charge in [-0.1, -0.05) is 78.9 Å². The summed E-state index contributed by atoms with van der Waals surface area (Å²) >= 11 is 0. The van der Waals surface area contributed by atoms with Gasteiger partial charge in [-0.3, -0.25) is 4.79 Å². The molecule has 0 spiro atoms. The SMILES string of the molecule is O=C(OCc1ccccc1)C1=CC=CCC1C(=O)OCc1ccccc1. The molecule has 2 aromatic carbocycles. The van der Waals surface area contributed by atoms with Crippen LogP contribution in [0, 0.1) is 5.92 Å². The average molecular weight is 348 g/mol. The van der Waals surface area contributed by atoms with Crippen LogP contribution in [0.15, 0.2) is 84.5 Å². The minimum absolute atomic E-state index is 0.173. The van der Waals surface area contributed by atoms with Crippen molar-refractivity contribution in [1.82, 2.24) is 0 Å². The van der Waals surface area contributed by atoms with E-state index >= 15 is 0 Å². The predicted octanol–water partition coefficient (Wildman–Crippen LogP) is 3.98. The van der Waals surface area contributed by atoms with E-state index in [2.05, 4.69) is 0 Å². The lowest BCUT2D eigenvalue weighted by Gasteiger charge is -2.19. The number of allylic oxidation sites excluding steroid dienone is 3. The Kier molecular flexibility index (Phi) is 5.99. The molecule has 4 heteroatoms. The summed E-state index contributed by atoms with van der Waals surface area (Å²) in [6.45, 7) is 0.360. The first-order valence-electron chi connectivity index (χ1n) is 8.52. The van der Waals surface area contributed by atoms with Crippen LogP contribution in [0.1, 0.15) is 17.5 Å². The van der Waals surface area contributed by atoms with Gasteiger partial charge in [-0.25, -0.2) is 4.79 Å². The quantitative estimate of drug-likeness (QED) is 0.741. The highest BCUT2D eigenvalue weighted by Crippen LogP contribution is 2.24. The van der Waals surface area contributed by atoms with E-state index in [9.17, 15) is 9.59 Å². The van der Waals surface area contributed by atoms with E-state index in [4.69, 9.17) is 9.47 Å². The van der Waals surface area contributed by atoms with Crippen molar-refractivity contribution in [3.05, 3.63) is 95.6 Å². The maximum atomic E-state index is 12.5. The molecule has 0 saturated heterocycles. The molecule has 1 aliphatic carbocycles. The fourth-order valence-electron chi connectivity index (χ4n) is 2.70. The molecule has 1 atom stereocenters. The summed E-state index contributed by atoms with van der Waals surface area (Å²) in [5, 5.41) is 0. The zero-order valence-electron chi connectivity index (χ0n) is 14.3. The van der Waals surface area contributed by atoms with Crippen molar-refractivity contribution >= 4 is 11.9 Å². The maximum Gasteiger partial charge on any atom is 0.335 e. The monoisotopic (exact) mass is 348 g/mol. The number of ether oxygens (including phenoxy) is 2. The zero-order chi connectivity index (χ0) is 18.2. The number of hydrogen-bond acceptors (Lipinski definition) is 4. The summed E-state index contributed by atoms with van der Waals surface area (Å²) in [5.41, 5.74) is 2.14. The molecule has 2 aromatic rings. The summed E-state index contributed by atoms with van der Waals surface area (Å²) < 4.78 is 10.8. The minimum Gasteiger partial charge on any atom is -0.460 e.